The molecule has 0 aliphatic rings. The van der Waals surface area contributed by atoms with E-state index in [1.165, 1.54) is 7.11 Å². The lowest BCUT2D eigenvalue weighted by molar-refractivity contribution is 0.0600. The molecule has 0 saturated heterocycles. The van der Waals surface area contributed by atoms with Gasteiger partial charge in [-0.3, -0.25) is 4.39 Å². The predicted octanol–water partition coefficient (Wildman–Crippen LogP) is 2.25. The van der Waals surface area contributed by atoms with Crippen LogP contribution in [-0.2, 0) is 4.74 Å². The van der Waals surface area contributed by atoms with E-state index in [2.05, 4.69) is 4.74 Å². The van der Waals surface area contributed by atoms with Crippen LogP contribution in [0.1, 0.15) is 28.4 Å². The van der Waals surface area contributed by atoms with Crippen LogP contribution in [0, 0.1) is 0 Å². The second-order valence-electron chi connectivity index (χ2n) is 3.20. The largest absolute Gasteiger partial charge is 0.465 e. The summed E-state index contributed by atoms with van der Waals surface area (Å²) in [6, 6.07) is 6.36. The highest BCUT2D eigenvalue weighted by Crippen LogP contribution is 2.15. The molecule has 0 unspecified atom stereocenters. The van der Waals surface area contributed by atoms with Crippen molar-refractivity contribution in [1.29, 1.82) is 0 Å². The first-order valence-corrected chi connectivity index (χ1v) is 4.69. The molecule has 0 bridgehead atoms. The van der Waals surface area contributed by atoms with Crippen LogP contribution in [0.4, 0.5) is 4.39 Å². The number of rotatable bonds is 4. The Bertz CT molecular complexity index is 329. The standard InChI is InChI=1S/C11H14FNO2.ClH/c1-15-11(14)9-4-2-8(3-5-9)10(13)6-7-12;/h2-5,10H,6-7,13H2,1H3;1H/t10-;/m0./s1. The zero-order valence-corrected chi connectivity index (χ0v) is 9.80. The molecule has 0 aliphatic carbocycles. The van der Waals surface area contributed by atoms with Gasteiger partial charge in [-0.25, -0.2) is 4.79 Å². The summed E-state index contributed by atoms with van der Waals surface area (Å²) in [5.41, 5.74) is 6.99. The van der Waals surface area contributed by atoms with Crippen molar-refractivity contribution in [2.45, 2.75) is 12.5 Å². The number of halogens is 2. The van der Waals surface area contributed by atoms with E-state index in [4.69, 9.17) is 5.73 Å². The SMILES string of the molecule is COC(=O)c1ccc([C@@H](N)CCF)cc1.Cl. The third-order valence-corrected chi connectivity index (χ3v) is 2.18. The first-order chi connectivity index (χ1) is 7.19. The summed E-state index contributed by atoms with van der Waals surface area (Å²) in [5.74, 6) is -0.388. The van der Waals surface area contributed by atoms with Crippen molar-refractivity contribution in [1.82, 2.24) is 0 Å². The highest BCUT2D eigenvalue weighted by Gasteiger charge is 2.08. The van der Waals surface area contributed by atoms with Crippen LogP contribution in [-0.4, -0.2) is 19.8 Å². The van der Waals surface area contributed by atoms with Crippen molar-refractivity contribution in [3.8, 4) is 0 Å². The number of carbonyl (C=O) groups is 1. The van der Waals surface area contributed by atoms with E-state index < -0.39 is 6.67 Å². The molecule has 3 nitrogen and oxygen atoms in total. The summed E-state index contributed by atoms with van der Waals surface area (Å²) >= 11 is 0. The zero-order valence-electron chi connectivity index (χ0n) is 8.98. The Morgan fingerprint density at radius 3 is 2.44 bits per heavy atom. The Hall–Kier alpha value is -1.13. The first-order valence-electron chi connectivity index (χ1n) is 4.69. The summed E-state index contributed by atoms with van der Waals surface area (Å²) in [4.78, 5) is 11.1. The summed E-state index contributed by atoms with van der Waals surface area (Å²) in [7, 11) is 1.32. The predicted molar refractivity (Wildman–Crippen MR) is 62.5 cm³/mol. The fraction of sp³-hybridized carbons (Fsp3) is 0.364. The molecule has 5 heteroatoms. The molecule has 0 amide bonds. The Morgan fingerprint density at radius 2 is 2.00 bits per heavy atom. The third kappa shape index (κ3) is 3.79. The minimum Gasteiger partial charge on any atom is -0.465 e. The molecule has 0 saturated carbocycles. The van der Waals surface area contributed by atoms with Crippen LogP contribution in [0.15, 0.2) is 24.3 Å². The molecule has 0 radical (unpaired) electrons. The normalized spacial score (nSPS) is 11.4. The Kier molecular flexibility index (Phi) is 6.69. The van der Waals surface area contributed by atoms with Gasteiger partial charge >= 0.3 is 5.97 Å². The molecular formula is C11H15ClFNO2. The molecule has 1 aromatic carbocycles. The quantitative estimate of drug-likeness (QED) is 0.831. The van der Waals surface area contributed by atoms with Crippen LogP contribution in [0.3, 0.4) is 0 Å². The number of hydrogen-bond acceptors (Lipinski definition) is 3. The maximum atomic E-state index is 12.0. The van der Waals surface area contributed by atoms with Gasteiger partial charge in [-0.2, -0.15) is 0 Å². The van der Waals surface area contributed by atoms with Gasteiger partial charge in [-0.05, 0) is 24.1 Å². The fourth-order valence-electron chi connectivity index (χ4n) is 1.27. The topological polar surface area (TPSA) is 52.3 Å². The van der Waals surface area contributed by atoms with Crippen LogP contribution in [0.5, 0.6) is 0 Å². The number of methoxy groups -OCH3 is 1. The summed E-state index contributed by atoms with van der Waals surface area (Å²) < 4.78 is 16.6. The van der Waals surface area contributed by atoms with Gasteiger partial charge in [0.1, 0.15) is 0 Å². The average molecular weight is 248 g/mol. The molecule has 0 heterocycles. The van der Waals surface area contributed by atoms with E-state index in [0.717, 1.165) is 5.56 Å². The lowest BCUT2D eigenvalue weighted by atomic mass is 10.0. The number of esters is 1. The number of nitrogens with two attached hydrogens (primary N) is 1. The van der Waals surface area contributed by atoms with Crippen LogP contribution in [0.2, 0.25) is 0 Å². The fourth-order valence-corrected chi connectivity index (χ4v) is 1.27. The van der Waals surface area contributed by atoms with E-state index in [1.807, 2.05) is 0 Å². The molecule has 0 aromatic heterocycles. The van der Waals surface area contributed by atoms with Gasteiger partial charge in [0.25, 0.3) is 0 Å². The summed E-state index contributed by atoms with van der Waals surface area (Å²) in [6.45, 7) is -0.445. The lowest BCUT2D eigenvalue weighted by Crippen LogP contribution is -2.11. The van der Waals surface area contributed by atoms with Gasteiger partial charge in [0, 0.05) is 6.04 Å². The zero-order chi connectivity index (χ0) is 11.3. The van der Waals surface area contributed by atoms with Gasteiger partial charge in [-0.1, -0.05) is 12.1 Å². The monoisotopic (exact) mass is 247 g/mol. The molecule has 0 fully saturated rings. The molecule has 0 spiro atoms. The highest BCUT2D eigenvalue weighted by atomic mass is 35.5. The van der Waals surface area contributed by atoms with Crippen LogP contribution in [0.25, 0.3) is 0 Å². The number of carbonyl (C=O) groups excluding carboxylic acids is 1. The number of ether oxygens (including phenoxy) is 1. The van der Waals surface area contributed by atoms with Crippen molar-refractivity contribution in [2.75, 3.05) is 13.8 Å². The molecule has 1 rings (SSSR count). The van der Waals surface area contributed by atoms with E-state index in [0.29, 0.717) is 5.56 Å². The minimum absolute atomic E-state index is 0. The molecule has 2 N–H and O–H groups in total. The van der Waals surface area contributed by atoms with Gasteiger partial charge in [0.2, 0.25) is 0 Å². The smallest absolute Gasteiger partial charge is 0.337 e. The van der Waals surface area contributed by atoms with Crippen molar-refractivity contribution >= 4 is 18.4 Å². The Labute approximate surface area is 100 Å². The average Bonchev–Trinajstić information content (AvgIpc) is 2.28. The van der Waals surface area contributed by atoms with Crippen LogP contribution >= 0.6 is 12.4 Å². The van der Waals surface area contributed by atoms with E-state index in [1.54, 1.807) is 24.3 Å². The molecule has 90 valence electrons. The Morgan fingerprint density at radius 1 is 1.44 bits per heavy atom. The second-order valence-corrected chi connectivity index (χ2v) is 3.20. The van der Waals surface area contributed by atoms with Gasteiger partial charge in [-0.15, -0.1) is 12.4 Å². The summed E-state index contributed by atoms with van der Waals surface area (Å²) in [5, 5.41) is 0. The molecular weight excluding hydrogens is 233 g/mol. The van der Waals surface area contributed by atoms with Crippen molar-refractivity contribution in [2.24, 2.45) is 5.73 Å². The van der Waals surface area contributed by atoms with Gasteiger partial charge in [0.15, 0.2) is 0 Å². The van der Waals surface area contributed by atoms with E-state index in [9.17, 15) is 9.18 Å². The molecule has 16 heavy (non-hydrogen) atoms. The highest BCUT2D eigenvalue weighted by molar-refractivity contribution is 5.89. The molecule has 1 atom stereocenters. The number of hydrogen-bond donors (Lipinski definition) is 1. The molecule has 1 aromatic rings. The third-order valence-electron chi connectivity index (χ3n) is 2.18. The maximum Gasteiger partial charge on any atom is 0.337 e. The number of alkyl halides is 1. The number of benzene rings is 1. The lowest BCUT2D eigenvalue weighted by Gasteiger charge is -2.09. The Balaban J connectivity index is 0.00000225. The van der Waals surface area contributed by atoms with E-state index >= 15 is 0 Å². The maximum absolute atomic E-state index is 12.0. The van der Waals surface area contributed by atoms with Crippen molar-refractivity contribution in [3.05, 3.63) is 35.4 Å². The van der Waals surface area contributed by atoms with Gasteiger partial charge in [0.05, 0.1) is 19.3 Å². The van der Waals surface area contributed by atoms with Crippen molar-refractivity contribution < 1.29 is 13.9 Å². The second kappa shape index (κ2) is 7.19. The van der Waals surface area contributed by atoms with Crippen molar-refractivity contribution in [3.63, 3.8) is 0 Å². The van der Waals surface area contributed by atoms with E-state index in [-0.39, 0.29) is 30.8 Å². The summed E-state index contributed by atoms with van der Waals surface area (Å²) in [6.07, 6.45) is 0.289. The first kappa shape index (κ1) is 14.9. The van der Waals surface area contributed by atoms with Gasteiger partial charge < -0.3 is 10.5 Å². The molecule has 0 aliphatic heterocycles. The van der Waals surface area contributed by atoms with Crippen LogP contribution < -0.4 is 5.73 Å². The minimum atomic E-state index is -0.445.